The average Bonchev–Trinajstić information content (AvgIpc) is 2.65. The molecule has 1 saturated heterocycles. The molecular formula is C13H17ClN2O. The first kappa shape index (κ1) is 12.2. The number of carbonyl (C=O) groups is 1. The molecule has 2 N–H and O–H groups in total. The molecule has 17 heavy (non-hydrogen) atoms. The molecule has 1 heterocycles. The van der Waals surface area contributed by atoms with Crippen molar-refractivity contribution in [2.45, 2.75) is 20.3 Å². The van der Waals surface area contributed by atoms with Gasteiger partial charge in [-0.15, -0.1) is 11.6 Å². The molecule has 1 aromatic carbocycles. The number of rotatable bonds is 2. The summed E-state index contributed by atoms with van der Waals surface area (Å²) in [7, 11) is 0. The van der Waals surface area contributed by atoms with Crippen LogP contribution in [-0.4, -0.2) is 18.3 Å². The highest BCUT2D eigenvalue weighted by atomic mass is 35.5. The lowest BCUT2D eigenvalue weighted by Gasteiger charge is -2.20. The molecule has 4 heteroatoms. The van der Waals surface area contributed by atoms with E-state index in [2.05, 4.69) is 0 Å². The van der Waals surface area contributed by atoms with Crippen LogP contribution in [0.15, 0.2) is 12.1 Å². The van der Waals surface area contributed by atoms with Crippen LogP contribution < -0.4 is 10.6 Å². The molecule has 1 atom stereocenters. The van der Waals surface area contributed by atoms with Gasteiger partial charge in [0, 0.05) is 30.2 Å². The van der Waals surface area contributed by atoms with E-state index in [0.29, 0.717) is 18.8 Å². The van der Waals surface area contributed by atoms with E-state index in [1.54, 1.807) is 0 Å². The van der Waals surface area contributed by atoms with Crippen molar-refractivity contribution in [2.75, 3.05) is 23.1 Å². The number of anilines is 2. The number of carbonyl (C=O) groups excluding carboxylic acids is 1. The second-order valence-corrected chi connectivity index (χ2v) is 5.03. The Morgan fingerprint density at radius 1 is 1.41 bits per heavy atom. The van der Waals surface area contributed by atoms with Crippen molar-refractivity contribution in [3.63, 3.8) is 0 Å². The van der Waals surface area contributed by atoms with E-state index in [0.717, 1.165) is 22.5 Å². The molecule has 0 spiro atoms. The first-order valence-electron chi connectivity index (χ1n) is 5.76. The summed E-state index contributed by atoms with van der Waals surface area (Å²) in [6.45, 7) is 4.65. The summed E-state index contributed by atoms with van der Waals surface area (Å²) in [4.78, 5) is 13.8. The Hall–Kier alpha value is -1.22. The van der Waals surface area contributed by atoms with Crippen molar-refractivity contribution in [1.82, 2.24) is 0 Å². The SMILES string of the molecule is Cc1cc(N2CC(CCl)CC2=O)c(C)cc1N. The molecule has 0 aliphatic carbocycles. The molecule has 1 fully saturated rings. The van der Waals surface area contributed by atoms with Gasteiger partial charge in [-0.2, -0.15) is 0 Å². The van der Waals surface area contributed by atoms with E-state index in [1.807, 2.05) is 30.9 Å². The fraction of sp³-hybridized carbons (Fsp3) is 0.462. The number of nitrogens with zero attached hydrogens (tertiary/aromatic N) is 1. The molecular weight excluding hydrogens is 236 g/mol. The summed E-state index contributed by atoms with van der Waals surface area (Å²) in [5, 5.41) is 0. The van der Waals surface area contributed by atoms with Gasteiger partial charge in [0.15, 0.2) is 0 Å². The summed E-state index contributed by atoms with van der Waals surface area (Å²) < 4.78 is 0. The maximum Gasteiger partial charge on any atom is 0.227 e. The third-order valence-electron chi connectivity index (χ3n) is 3.30. The Kier molecular flexibility index (Phi) is 3.29. The van der Waals surface area contributed by atoms with Crippen molar-refractivity contribution in [3.8, 4) is 0 Å². The Bertz CT molecular complexity index is 459. The van der Waals surface area contributed by atoms with E-state index >= 15 is 0 Å². The lowest BCUT2D eigenvalue weighted by Crippen LogP contribution is -2.25. The quantitative estimate of drug-likeness (QED) is 0.649. The zero-order valence-corrected chi connectivity index (χ0v) is 10.9. The lowest BCUT2D eigenvalue weighted by atomic mass is 10.1. The first-order chi connectivity index (χ1) is 8.02. The molecule has 1 aromatic rings. The highest BCUT2D eigenvalue weighted by molar-refractivity contribution is 6.18. The topological polar surface area (TPSA) is 46.3 Å². The standard InChI is InChI=1S/C13H17ClN2O/c1-8-4-12(9(2)3-11(8)15)16-7-10(6-14)5-13(16)17/h3-4,10H,5-7,15H2,1-2H3. The van der Waals surface area contributed by atoms with Crippen molar-refractivity contribution in [3.05, 3.63) is 23.3 Å². The number of hydrogen-bond acceptors (Lipinski definition) is 2. The summed E-state index contributed by atoms with van der Waals surface area (Å²) in [5.74, 6) is 0.958. The van der Waals surface area contributed by atoms with Gasteiger partial charge in [0.2, 0.25) is 5.91 Å². The van der Waals surface area contributed by atoms with Crippen LogP contribution in [0.25, 0.3) is 0 Å². The van der Waals surface area contributed by atoms with Crippen LogP contribution >= 0.6 is 11.6 Å². The van der Waals surface area contributed by atoms with Gasteiger partial charge in [0.05, 0.1) is 0 Å². The smallest absolute Gasteiger partial charge is 0.227 e. The number of halogens is 1. The normalized spacial score (nSPS) is 20.1. The number of benzene rings is 1. The van der Waals surface area contributed by atoms with E-state index in [1.165, 1.54) is 0 Å². The highest BCUT2D eigenvalue weighted by Gasteiger charge is 2.30. The third kappa shape index (κ3) is 2.25. The van der Waals surface area contributed by atoms with Crippen LogP contribution in [0.3, 0.4) is 0 Å². The van der Waals surface area contributed by atoms with E-state index in [9.17, 15) is 4.79 Å². The Morgan fingerprint density at radius 3 is 2.71 bits per heavy atom. The molecule has 1 amide bonds. The largest absolute Gasteiger partial charge is 0.399 e. The molecule has 92 valence electrons. The minimum absolute atomic E-state index is 0.155. The molecule has 2 rings (SSSR count). The summed E-state index contributed by atoms with van der Waals surface area (Å²) in [6.07, 6.45) is 0.548. The fourth-order valence-corrected chi connectivity index (χ4v) is 2.44. The molecule has 0 bridgehead atoms. The fourth-order valence-electron chi connectivity index (χ4n) is 2.23. The minimum Gasteiger partial charge on any atom is -0.399 e. The Balaban J connectivity index is 2.35. The molecule has 3 nitrogen and oxygen atoms in total. The number of nitrogen functional groups attached to an aromatic ring is 1. The van der Waals surface area contributed by atoms with Crippen LogP contribution in [0.4, 0.5) is 11.4 Å². The van der Waals surface area contributed by atoms with Gasteiger partial charge in [-0.3, -0.25) is 4.79 Å². The van der Waals surface area contributed by atoms with Crippen molar-refractivity contribution in [2.24, 2.45) is 5.92 Å². The first-order valence-corrected chi connectivity index (χ1v) is 6.29. The van der Waals surface area contributed by atoms with Crippen LogP contribution in [0.2, 0.25) is 0 Å². The maximum absolute atomic E-state index is 11.9. The molecule has 0 radical (unpaired) electrons. The van der Waals surface area contributed by atoms with E-state index in [-0.39, 0.29) is 11.8 Å². The minimum atomic E-state index is 0.155. The van der Waals surface area contributed by atoms with Crippen molar-refractivity contribution < 1.29 is 4.79 Å². The monoisotopic (exact) mass is 252 g/mol. The molecule has 1 aliphatic rings. The van der Waals surface area contributed by atoms with Crippen molar-refractivity contribution >= 4 is 28.9 Å². The zero-order chi connectivity index (χ0) is 12.6. The second-order valence-electron chi connectivity index (χ2n) is 4.72. The van der Waals surface area contributed by atoms with Gasteiger partial charge in [-0.25, -0.2) is 0 Å². The Labute approximate surface area is 107 Å². The summed E-state index contributed by atoms with van der Waals surface area (Å²) in [6, 6.07) is 3.91. The van der Waals surface area contributed by atoms with Crippen LogP contribution in [0.5, 0.6) is 0 Å². The van der Waals surface area contributed by atoms with Crippen LogP contribution in [0.1, 0.15) is 17.5 Å². The third-order valence-corrected chi connectivity index (χ3v) is 3.74. The van der Waals surface area contributed by atoms with Gasteiger partial charge >= 0.3 is 0 Å². The summed E-state index contributed by atoms with van der Waals surface area (Å²) in [5.41, 5.74) is 9.63. The van der Waals surface area contributed by atoms with E-state index in [4.69, 9.17) is 17.3 Å². The van der Waals surface area contributed by atoms with Gasteiger partial charge in [-0.1, -0.05) is 0 Å². The van der Waals surface area contributed by atoms with Crippen LogP contribution in [0, 0.1) is 19.8 Å². The zero-order valence-electron chi connectivity index (χ0n) is 10.2. The maximum atomic E-state index is 11.9. The molecule has 0 aromatic heterocycles. The Morgan fingerprint density at radius 2 is 2.12 bits per heavy atom. The van der Waals surface area contributed by atoms with E-state index < -0.39 is 0 Å². The lowest BCUT2D eigenvalue weighted by molar-refractivity contribution is -0.117. The van der Waals surface area contributed by atoms with Gasteiger partial charge < -0.3 is 10.6 Å². The molecule has 0 saturated carbocycles. The predicted molar refractivity (Wildman–Crippen MR) is 71.5 cm³/mol. The number of amides is 1. The predicted octanol–water partition coefficient (Wildman–Crippen LogP) is 2.48. The molecule has 1 unspecified atom stereocenters. The van der Waals surface area contributed by atoms with Crippen molar-refractivity contribution in [1.29, 1.82) is 0 Å². The van der Waals surface area contributed by atoms with Crippen LogP contribution in [-0.2, 0) is 4.79 Å². The summed E-state index contributed by atoms with van der Waals surface area (Å²) >= 11 is 5.82. The van der Waals surface area contributed by atoms with Gasteiger partial charge in [0.25, 0.3) is 0 Å². The number of alkyl halides is 1. The van der Waals surface area contributed by atoms with Gasteiger partial charge in [-0.05, 0) is 43.0 Å². The second kappa shape index (κ2) is 4.57. The number of hydrogen-bond donors (Lipinski definition) is 1. The average molecular weight is 253 g/mol. The molecule has 1 aliphatic heterocycles. The highest BCUT2D eigenvalue weighted by Crippen LogP contribution is 2.31. The number of nitrogens with two attached hydrogens (primary N) is 1. The number of aryl methyl sites for hydroxylation is 2. The van der Waals surface area contributed by atoms with Gasteiger partial charge in [0.1, 0.15) is 0 Å².